The van der Waals surface area contributed by atoms with Crippen LogP contribution in [0.15, 0.2) is 6.07 Å². The molecule has 0 aromatic heterocycles. The van der Waals surface area contributed by atoms with E-state index in [-0.39, 0.29) is 40.8 Å². The summed E-state index contributed by atoms with van der Waals surface area (Å²) in [6, 6.07) is 1.49. The quantitative estimate of drug-likeness (QED) is 0.816. The lowest BCUT2D eigenvalue weighted by molar-refractivity contribution is -0.118. The van der Waals surface area contributed by atoms with Crippen LogP contribution >= 0.6 is 0 Å². The normalized spacial score (nSPS) is 10.5. The molecule has 1 aromatic rings. The van der Waals surface area contributed by atoms with Gasteiger partial charge in [0.1, 0.15) is 0 Å². The molecule has 1 aromatic carbocycles. The fraction of sp³-hybridized carbons (Fsp3) is 0.438. The molecule has 0 radical (unpaired) electrons. The maximum atomic E-state index is 12.0. The van der Waals surface area contributed by atoms with E-state index in [1.807, 2.05) is 0 Å². The summed E-state index contributed by atoms with van der Waals surface area (Å²) < 4.78 is 4.96. The predicted molar refractivity (Wildman–Crippen MR) is 82.3 cm³/mol. The van der Waals surface area contributed by atoms with Crippen molar-refractivity contribution < 1.29 is 24.2 Å². The van der Waals surface area contributed by atoms with Crippen molar-refractivity contribution >= 4 is 23.5 Å². The number of hydrogen-bond acceptors (Lipinski definition) is 4. The Labute approximate surface area is 129 Å². The number of ether oxygens (including phenoxy) is 1. The van der Waals surface area contributed by atoms with E-state index in [9.17, 15) is 19.5 Å². The van der Waals surface area contributed by atoms with Crippen LogP contribution in [0.5, 0.6) is 0 Å². The maximum absolute atomic E-state index is 12.0. The first-order valence-corrected chi connectivity index (χ1v) is 7.06. The van der Waals surface area contributed by atoms with Gasteiger partial charge in [-0.25, -0.2) is 9.59 Å². The minimum absolute atomic E-state index is 0.0948. The number of hydrogen-bond donors (Lipinski definition) is 2. The Bertz CT molecular complexity index is 619. The first kappa shape index (κ1) is 17.7. The molecule has 0 bridgehead atoms. The van der Waals surface area contributed by atoms with Gasteiger partial charge in [0.25, 0.3) is 0 Å². The van der Waals surface area contributed by atoms with Gasteiger partial charge in [0, 0.05) is 5.92 Å². The monoisotopic (exact) mass is 307 g/mol. The van der Waals surface area contributed by atoms with Crippen molar-refractivity contribution in [2.45, 2.75) is 34.6 Å². The third-order valence-electron chi connectivity index (χ3n) is 3.25. The van der Waals surface area contributed by atoms with Crippen LogP contribution in [0.3, 0.4) is 0 Å². The molecule has 6 heteroatoms. The smallest absolute Gasteiger partial charge is 0.338 e. The van der Waals surface area contributed by atoms with Gasteiger partial charge in [-0.2, -0.15) is 0 Å². The zero-order valence-corrected chi connectivity index (χ0v) is 13.4. The zero-order chi connectivity index (χ0) is 17.0. The largest absolute Gasteiger partial charge is 0.478 e. The van der Waals surface area contributed by atoms with E-state index in [0.717, 1.165) is 0 Å². The zero-order valence-electron chi connectivity index (χ0n) is 13.4. The topological polar surface area (TPSA) is 92.7 Å². The summed E-state index contributed by atoms with van der Waals surface area (Å²) in [6.07, 6.45) is 0. The SMILES string of the molecule is CCOC(=O)c1c(C)cc(NC(=O)C(C)C)c(C(=O)O)c1C. The number of esters is 1. The molecule has 0 unspecified atom stereocenters. The molecular formula is C16H21NO5. The third kappa shape index (κ3) is 3.63. The Kier molecular flexibility index (Phi) is 5.68. The molecule has 0 saturated heterocycles. The van der Waals surface area contributed by atoms with Crippen molar-refractivity contribution in [3.63, 3.8) is 0 Å². The van der Waals surface area contributed by atoms with Gasteiger partial charge >= 0.3 is 11.9 Å². The van der Waals surface area contributed by atoms with E-state index in [4.69, 9.17) is 4.74 Å². The highest BCUT2D eigenvalue weighted by Gasteiger charge is 2.24. The Morgan fingerprint density at radius 1 is 1.23 bits per heavy atom. The number of aromatic carboxylic acids is 1. The van der Waals surface area contributed by atoms with Crippen LogP contribution in [0, 0.1) is 19.8 Å². The average molecular weight is 307 g/mol. The number of amides is 1. The number of carbonyl (C=O) groups is 3. The molecule has 0 aliphatic heterocycles. The van der Waals surface area contributed by atoms with E-state index >= 15 is 0 Å². The van der Waals surface area contributed by atoms with Gasteiger partial charge in [-0.05, 0) is 38.0 Å². The maximum Gasteiger partial charge on any atom is 0.338 e. The van der Waals surface area contributed by atoms with Crippen LogP contribution in [-0.2, 0) is 9.53 Å². The molecule has 6 nitrogen and oxygen atoms in total. The van der Waals surface area contributed by atoms with Crippen molar-refractivity contribution in [1.82, 2.24) is 0 Å². The molecule has 1 amide bonds. The molecular weight excluding hydrogens is 286 g/mol. The minimum atomic E-state index is -1.21. The van der Waals surface area contributed by atoms with E-state index in [1.54, 1.807) is 27.7 Å². The van der Waals surface area contributed by atoms with Crippen LogP contribution < -0.4 is 5.32 Å². The summed E-state index contributed by atoms with van der Waals surface area (Å²) in [7, 11) is 0. The summed E-state index contributed by atoms with van der Waals surface area (Å²) in [5.74, 6) is -2.35. The van der Waals surface area contributed by atoms with Crippen molar-refractivity contribution in [2.75, 3.05) is 11.9 Å². The van der Waals surface area contributed by atoms with Crippen molar-refractivity contribution in [3.8, 4) is 0 Å². The fourth-order valence-corrected chi connectivity index (χ4v) is 2.15. The molecule has 120 valence electrons. The van der Waals surface area contributed by atoms with Gasteiger partial charge in [-0.15, -0.1) is 0 Å². The molecule has 0 aliphatic carbocycles. The number of carbonyl (C=O) groups excluding carboxylic acids is 2. The summed E-state index contributed by atoms with van der Waals surface area (Å²) in [4.78, 5) is 35.4. The lowest BCUT2D eigenvalue weighted by Crippen LogP contribution is -2.21. The lowest BCUT2D eigenvalue weighted by Gasteiger charge is -2.17. The number of carboxylic acid groups (broad SMARTS) is 1. The molecule has 0 atom stereocenters. The first-order chi connectivity index (χ1) is 10.2. The molecule has 22 heavy (non-hydrogen) atoms. The second-order valence-corrected chi connectivity index (χ2v) is 5.29. The van der Waals surface area contributed by atoms with Gasteiger partial charge in [-0.1, -0.05) is 13.8 Å². The highest BCUT2D eigenvalue weighted by Crippen LogP contribution is 2.28. The van der Waals surface area contributed by atoms with Crippen LogP contribution in [0.4, 0.5) is 5.69 Å². The molecule has 0 saturated carbocycles. The van der Waals surface area contributed by atoms with E-state index < -0.39 is 11.9 Å². The van der Waals surface area contributed by atoms with Crippen LogP contribution in [0.1, 0.15) is 52.6 Å². The Hall–Kier alpha value is -2.37. The van der Waals surface area contributed by atoms with Gasteiger partial charge in [0.05, 0.1) is 23.4 Å². The van der Waals surface area contributed by atoms with Crippen molar-refractivity contribution in [3.05, 3.63) is 28.3 Å². The Morgan fingerprint density at radius 2 is 1.82 bits per heavy atom. The second-order valence-electron chi connectivity index (χ2n) is 5.29. The molecule has 2 N–H and O–H groups in total. The first-order valence-electron chi connectivity index (χ1n) is 7.06. The molecule has 0 aliphatic rings. The Morgan fingerprint density at radius 3 is 2.27 bits per heavy atom. The highest BCUT2D eigenvalue weighted by atomic mass is 16.5. The van der Waals surface area contributed by atoms with Crippen molar-refractivity contribution in [1.29, 1.82) is 0 Å². The summed E-state index contributed by atoms with van der Waals surface area (Å²) >= 11 is 0. The second kappa shape index (κ2) is 7.06. The van der Waals surface area contributed by atoms with Crippen LogP contribution in [0.25, 0.3) is 0 Å². The number of carboxylic acids is 1. The highest BCUT2D eigenvalue weighted by molar-refractivity contribution is 6.05. The molecule has 0 fully saturated rings. The lowest BCUT2D eigenvalue weighted by atomic mass is 9.95. The van der Waals surface area contributed by atoms with E-state index in [1.165, 1.54) is 13.0 Å². The van der Waals surface area contributed by atoms with Gasteiger partial charge < -0.3 is 15.2 Å². The standard InChI is InChI=1S/C16H21NO5/c1-6-22-16(21)12-9(4)7-11(17-14(18)8(2)3)13(10(12)5)15(19)20/h7-8H,6H2,1-5H3,(H,17,18)(H,19,20). The Balaban J connectivity index is 3.46. The summed E-state index contributed by atoms with van der Waals surface area (Å²) in [5.41, 5.74) is 1.16. The van der Waals surface area contributed by atoms with Crippen LogP contribution in [0.2, 0.25) is 0 Å². The van der Waals surface area contributed by atoms with Crippen molar-refractivity contribution in [2.24, 2.45) is 5.92 Å². The number of nitrogens with one attached hydrogen (secondary N) is 1. The minimum Gasteiger partial charge on any atom is -0.478 e. The van der Waals surface area contributed by atoms with E-state index in [0.29, 0.717) is 5.56 Å². The molecule has 1 rings (SSSR count). The molecule has 0 heterocycles. The fourth-order valence-electron chi connectivity index (χ4n) is 2.15. The predicted octanol–water partition coefficient (Wildman–Crippen LogP) is 2.77. The number of rotatable bonds is 5. The van der Waals surface area contributed by atoms with Crippen LogP contribution in [-0.4, -0.2) is 29.6 Å². The number of aryl methyl sites for hydroxylation is 1. The average Bonchev–Trinajstić information content (AvgIpc) is 2.37. The number of benzene rings is 1. The van der Waals surface area contributed by atoms with E-state index in [2.05, 4.69) is 5.32 Å². The third-order valence-corrected chi connectivity index (χ3v) is 3.25. The summed E-state index contributed by atoms with van der Waals surface area (Å²) in [5, 5.41) is 12.0. The summed E-state index contributed by atoms with van der Waals surface area (Å²) in [6.45, 7) is 8.51. The molecule has 0 spiro atoms. The van der Waals surface area contributed by atoms with Gasteiger partial charge in [-0.3, -0.25) is 4.79 Å². The van der Waals surface area contributed by atoms with Gasteiger partial charge in [0.2, 0.25) is 5.91 Å². The van der Waals surface area contributed by atoms with Gasteiger partial charge in [0.15, 0.2) is 0 Å². The number of anilines is 1.